The van der Waals surface area contributed by atoms with Crippen molar-refractivity contribution in [1.29, 1.82) is 5.26 Å². The Hall–Kier alpha value is -3.04. The highest BCUT2D eigenvalue weighted by atomic mass is 16.5. The molecule has 31 heavy (non-hydrogen) atoms. The van der Waals surface area contributed by atoms with Gasteiger partial charge in [0.15, 0.2) is 0 Å². The van der Waals surface area contributed by atoms with Crippen molar-refractivity contribution >= 4 is 11.7 Å². The average Bonchev–Trinajstić information content (AvgIpc) is 2.84. The van der Waals surface area contributed by atoms with E-state index in [-0.39, 0.29) is 17.5 Å². The van der Waals surface area contributed by atoms with Crippen molar-refractivity contribution in [2.75, 3.05) is 37.7 Å². The highest BCUT2D eigenvalue weighted by molar-refractivity contribution is 5.74. The van der Waals surface area contributed by atoms with E-state index in [0.29, 0.717) is 12.1 Å². The summed E-state index contributed by atoms with van der Waals surface area (Å²) in [6.45, 7) is 3.86. The van der Waals surface area contributed by atoms with E-state index in [2.05, 4.69) is 45.9 Å². The number of nitrogens with one attached hydrogen (secondary N) is 2. The van der Waals surface area contributed by atoms with Gasteiger partial charge >= 0.3 is 6.03 Å². The van der Waals surface area contributed by atoms with E-state index in [0.717, 1.165) is 57.7 Å². The summed E-state index contributed by atoms with van der Waals surface area (Å²) >= 11 is 0. The Morgan fingerprint density at radius 2 is 1.74 bits per heavy atom. The highest BCUT2D eigenvalue weighted by Crippen LogP contribution is 2.34. The van der Waals surface area contributed by atoms with E-state index in [1.165, 1.54) is 5.56 Å². The molecule has 2 N–H and O–H groups in total. The summed E-state index contributed by atoms with van der Waals surface area (Å²) in [5, 5.41) is 15.3. The van der Waals surface area contributed by atoms with Crippen LogP contribution in [0.25, 0.3) is 0 Å². The molecule has 0 spiro atoms. The molecule has 0 saturated carbocycles. The van der Waals surface area contributed by atoms with Crippen LogP contribution in [0.5, 0.6) is 0 Å². The molecule has 0 unspecified atom stereocenters. The second kappa shape index (κ2) is 9.84. The third-order valence-electron chi connectivity index (χ3n) is 6.62. The molecule has 6 nitrogen and oxygen atoms in total. The smallest absolute Gasteiger partial charge is 0.315 e. The fourth-order valence-electron chi connectivity index (χ4n) is 4.64. The molecule has 2 heterocycles. The SMILES string of the molecule is N#Cc1ccc(N2CCC(NC(=O)NCC3(c4ccccc4)CCOCC3)CC2)cc1. The van der Waals surface area contributed by atoms with E-state index in [9.17, 15) is 4.79 Å². The number of hydrogen-bond acceptors (Lipinski definition) is 4. The summed E-state index contributed by atoms with van der Waals surface area (Å²) in [5.74, 6) is 0. The molecule has 2 aliphatic heterocycles. The van der Waals surface area contributed by atoms with E-state index < -0.39 is 0 Å². The predicted molar refractivity (Wildman–Crippen MR) is 121 cm³/mol. The second-order valence-corrected chi connectivity index (χ2v) is 8.51. The van der Waals surface area contributed by atoms with Crippen LogP contribution in [0.4, 0.5) is 10.5 Å². The van der Waals surface area contributed by atoms with Gasteiger partial charge in [-0.25, -0.2) is 4.79 Å². The fraction of sp³-hybridized carbons (Fsp3) is 0.440. The molecular weight excluding hydrogens is 388 g/mol. The van der Waals surface area contributed by atoms with Crippen LogP contribution >= 0.6 is 0 Å². The summed E-state index contributed by atoms with van der Waals surface area (Å²) in [5.41, 5.74) is 3.02. The minimum atomic E-state index is -0.0846. The zero-order chi connectivity index (χ0) is 21.5. The zero-order valence-corrected chi connectivity index (χ0v) is 17.8. The lowest BCUT2D eigenvalue weighted by atomic mass is 9.74. The lowest BCUT2D eigenvalue weighted by Crippen LogP contribution is -2.51. The number of nitrogens with zero attached hydrogens (tertiary/aromatic N) is 2. The Kier molecular flexibility index (Phi) is 6.73. The number of piperidine rings is 1. The van der Waals surface area contributed by atoms with Gasteiger partial charge < -0.3 is 20.3 Å². The quantitative estimate of drug-likeness (QED) is 0.778. The first-order valence-corrected chi connectivity index (χ1v) is 11.1. The number of urea groups is 1. The number of hydrogen-bond donors (Lipinski definition) is 2. The molecule has 0 bridgehead atoms. The van der Waals surface area contributed by atoms with Crippen molar-refractivity contribution in [2.45, 2.75) is 37.1 Å². The summed E-state index contributed by atoms with van der Waals surface area (Å²) in [6, 6.07) is 20.4. The molecule has 162 valence electrons. The van der Waals surface area contributed by atoms with Crippen molar-refractivity contribution in [1.82, 2.24) is 10.6 Å². The van der Waals surface area contributed by atoms with Gasteiger partial charge in [0, 0.05) is 50.0 Å². The number of carbonyl (C=O) groups excluding carboxylic acids is 1. The number of nitriles is 1. The van der Waals surface area contributed by atoms with Crippen LogP contribution in [0, 0.1) is 11.3 Å². The minimum Gasteiger partial charge on any atom is -0.381 e. The Morgan fingerprint density at radius 1 is 1.06 bits per heavy atom. The molecule has 0 aromatic heterocycles. The van der Waals surface area contributed by atoms with Crippen molar-refractivity contribution in [2.24, 2.45) is 0 Å². The molecule has 0 radical (unpaired) electrons. The van der Waals surface area contributed by atoms with Gasteiger partial charge in [0.1, 0.15) is 0 Å². The lowest BCUT2D eigenvalue weighted by Gasteiger charge is -2.38. The zero-order valence-electron chi connectivity index (χ0n) is 17.8. The second-order valence-electron chi connectivity index (χ2n) is 8.51. The Morgan fingerprint density at radius 3 is 2.39 bits per heavy atom. The van der Waals surface area contributed by atoms with Crippen molar-refractivity contribution in [3.8, 4) is 6.07 Å². The third-order valence-corrected chi connectivity index (χ3v) is 6.62. The fourth-order valence-corrected chi connectivity index (χ4v) is 4.64. The van der Waals surface area contributed by atoms with Crippen LogP contribution in [0.15, 0.2) is 54.6 Å². The van der Waals surface area contributed by atoms with Crippen LogP contribution in [0.3, 0.4) is 0 Å². The number of amides is 2. The Balaban J connectivity index is 1.27. The van der Waals surface area contributed by atoms with Gasteiger partial charge in [-0.2, -0.15) is 5.26 Å². The van der Waals surface area contributed by atoms with Crippen LogP contribution in [-0.2, 0) is 10.2 Å². The van der Waals surface area contributed by atoms with E-state index in [1.807, 2.05) is 30.3 Å². The normalized spacial score (nSPS) is 18.7. The maximum Gasteiger partial charge on any atom is 0.315 e. The van der Waals surface area contributed by atoms with Crippen molar-refractivity contribution in [3.05, 3.63) is 65.7 Å². The molecule has 0 atom stereocenters. The highest BCUT2D eigenvalue weighted by Gasteiger charge is 2.35. The van der Waals surface area contributed by atoms with Gasteiger partial charge in [0.2, 0.25) is 0 Å². The number of anilines is 1. The van der Waals surface area contributed by atoms with Gasteiger partial charge in [-0.1, -0.05) is 30.3 Å². The Bertz CT molecular complexity index is 893. The van der Waals surface area contributed by atoms with Crippen LogP contribution in [-0.4, -0.2) is 44.9 Å². The van der Waals surface area contributed by atoms with Crippen LogP contribution < -0.4 is 15.5 Å². The molecule has 4 rings (SSSR count). The molecule has 2 aromatic carbocycles. The maximum absolute atomic E-state index is 12.7. The first kappa shape index (κ1) is 21.2. The first-order valence-electron chi connectivity index (χ1n) is 11.1. The molecular formula is C25H30N4O2. The van der Waals surface area contributed by atoms with Gasteiger partial charge in [0.25, 0.3) is 0 Å². The number of benzene rings is 2. The van der Waals surface area contributed by atoms with Gasteiger partial charge in [-0.15, -0.1) is 0 Å². The van der Waals surface area contributed by atoms with Crippen molar-refractivity contribution in [3.63, 3.8) is 0 Å². The van der Waals surface area contributed by atoms with E-state index in [4.69, 9.17) is 10.00 Å². The maximum atomic E-state index is 12.7. The molecule has 0 aliphatic carbocycles. The largest absolute Gasteiger partial charge is 0.381 e. The van der Waals surface area contributed by atoms with Crippen LogP contribution in [0.1, 0.15) is 36.8 Å². The minimum absolute atomic E-state index is 0.0597. The van der Waals surface area contributed by atoms with Gasteiger partial charge in [-0.3, -0.25) is 0 Å². The topological polar surface area (TPSA) is 77.4 Å². The van der Waals surface area contributed by atoms with Crippen LogP contribution in [0.2, 0.25) is 0 Å². The summed E-state index contributed by atoms with van der Waals surface area (Å²) in [4.78, 5) is 15.0. The summed E-state index contributed by atoms with van der Waals surface area (Å²) in [6.07, 6.45) is 3.65. The average molecular weight is 419 g/mol. The van der Waals surface area contributed by atoms with Crippen molar-refractivity contribution < 1.29 is 9.53 Å². The number of carbonyl (C=O) groups is 1. The van der Waals surface area contributed by atoms with E-state index in [1.54, 1.807) is 0 Å². The number of rotatable bonds is 5. The van der Waals surface area contributed by atoms with E-state index >= 15 is 0 Å². The molecule has 2 amide bonds. The summed E-state index contributed by atoms with van der Waals surface area (Å²) < 4.78 is 5.59. The monoisotopic (exact) mass is 418 g/mol. The predicted octanol–water partition coefficient (Wildman–Crippen LogP) is 3.57. The first-order chi connectivity index (χ1) is 15.2. The standard InChI is InChI=1S/C25H30N4O2/c26-18-20-6-8-23(9-7-20)29-14-10-22(11-15-29)28-24(30)27-19-25(12-16-31-17-13-25)21-4-2-1-3-5-21/h1-9,22H,10-17,19H2,(H2,27,28,30). The third kappa shape index (κ3) is 5.18. The lowest BCUT2D eigenvalue weighted by molar-refractivity contribution is 0.0506. The molecule has 2 fully saturated rings. The molecule has 2 aromatic rings. The summed E-state index contributed by atoms with van der Waals surface area (Å²) in [7, 11) is 0. The molecule has 6 heteroatoms. The van der Waals surface area contributed by atoms with Gasteiger partial charge in [0.05, 0.1) is 11.6 Å². The van der Waals surface area contributed by atoms with Gasteiger partial charge in [-0.05, 0) is 55.5 Å². The molecule has 2 aliphatic rings. The number of ether oxygens (including phenoxy) is 1. The Labute approximate surface area is 184 Å². The molecule has 2 saturated heterocycles.